The molecular weight excluding hydrogens is 386 g/mol. The van der Waals surface area contributed by atoms with E-state index in [2.05, 4.69) is 26.4 Å². The van der Waals surface area contributed by atoms with Crippen LogP contribution in [0.1, 0.15) is 10.4 Å². The largest absolute Gasteiger partial charge is 0.378 e. The Morgan fingerprint density at radius 2 is 1.93 bits per heavy atom. The first kappa shape index (κ1) is 17.8. The molecule has 1 aromatic carbocycles. The molecule has 146 valence electrons. The monoisotopic (exact) mass is 405 g/mol. The second-order valence-electron chi connectivity index (χ2n) is 6.71. The maximum absolute atomic E-state index is 12.8. The Morgan fingerprint density at radius 3 is 2.69 bits per heavy atom. The van der Waals surface area contributed by atoms with Crippen LogP contribution in [0.5, 0.6) is 0 Å². The summed E-state index contributed by atoms with van der Waals surface area (Å²) in [5, 5.41) is 9.34. The summed E-state index contributed by atoms with van der Waals surface area (Å²) in [6, 6.07) is 15.4. The molecule has 29 heavy (non-hydrogen) atoms. The van der Waals surface area contributed by atoms with Crippen LogP contribution in [0, 0.1) is 0 Å². The first-order chi connectivity index (χ1) is 14.3. The zero-order chi connectivity index (χ0) is 19.6. The molecule has 1 amide bonds. The molecule has 4 heterocycles. The predicted molar refractivity (Wildman–Crippen MR) is 114 cm³/mol. The molecule has 0 aliphatic carbocycles. The third-order valence-electron chi connectivity index (χ3n) is 4.87. The number of benzene rings is 1. The van der Waals surface area contributed by atoms with Crippen LogP contribution in [0.15, 0.2) is 60.1 Å². The van der Waals surface area contributed by atoms with Crippen molar-refractivity contribution in [2.24, 2.45) is 0 Å². The number of hydrogen-bond donors (Lipinski definition) is 1. The van der Waals surface area contributed by atoms with Gasteiger partial charge in [0.15, 0.2) is 5.65 Å². The van der Waals surface area contributed by atoms with Gasteiger partial charge in [-0.3, -0.25) is 4.79 Å². The number of hydrogen-bond acceptors (Lipinski definition) is 6. The van der Waals surface area contributed by atoms with Crippen LogP contribution in [-0.4, -0.2) is 46.8 Å². The Hall–Kier alpha value is -3.23. The molecule has 0 spiro atoms. The zero-order valence-electron chi connectivity index (χ0n) is 15.6. The maximum atomic E-state index is 12.8. The van der Waals surface area contributed by atoms with Gasteiger partial charge in [0.1, 0.15) is 11.6 Å². The van der Waals surface area contributed by atoms with E-state index in [9.17, 15) is 4.79 Å². The van der Waals surface area contributed by atoms with Crippen molar-refractivity contribution in [3.05, 3.63) is 65.7 Å². The predicted octanol–water partition coefficient (Wildman–Crippen LogP) is 3.55. The molecule has 1 N–H and O–H groups in total. The van der Waals surface area contributed by atoms with E-state index in [1.165, 1.54) is 4.88 Å². The molecule has 1 aliphatic rings. The van der Waals surface area contributed by atoms with Crippen molar-refractivity contribution in [3.8, 4) is 10.4 Å². The number of anilines is 2. The third kappa shape index (κ3) is 3.59. The summed E-state index contributed by atoms with van der Waals surface area (Å²) < 4.78 is 7.24. The van der Waals surface area contributed by atoms with Gasteiger partial charge in [0.05, 0.1) is 19.4 Å². The van der Waals surface area contributed by atoms with Crippen molar-refractivity contribution in [2.45, 2.75) is 0 Å². The van der Waals surface area contributed by atoms with Gasteiger partial charge in [0.25, 0.3) is 5.91 Å². The van der Waals surface area contributed by atoms with Crippen LogP contribution in [0.4, 0.5) is 11.6 Å². The highest BCUT2D eigenvalue weighted by Gasteiger charge is 2.17. The van der Waals surface area contributed by atoms with Crippen molar-refractivity contribution in [2.75, 3.05) is 36.5 Å². The number of ether oxygens (including phenoxy) is 1. The summed E-state index contributed by atoms with van der Waals surface area (Å²) in [6.45, 7) is 2.89. The number of amides is 1. The fourth-order valence-electron chi connectivity index (χ4n) is 3.40. The molecule has 0 bridgehead atoms. The lowest BCUT2D eigenvalue weighted by Crippen LogP contribution is -2.37. The number of morpholine rings is 1. The molecule has 3 aromatic heterocycles. The normalized spacial score (nSPS) is 14.3. The average Bonchev–Trinajstić information content (AvgIpc) is 3.46. The van der Waals surface area contributed by atoms with Gasteiger partial charge in [-0.25, -0.2) is 4.98 Å². The summed E-state index contributed by atoms with van der Waals surface area (Å²) in [4.78, 5) is 20.7. The van der Waals surface area contributed by atoms with Gasteiger partial charge in [-0.1, -0.05) is 18.2 Å². The Morgan fingerprint density at radius 1 is 1.10 bits per heavy atom. The zero-order valence-corrected chi connectivity index (χ0v) is 16.4. The fraction of sp³-hybridized carbons (Fsp3) is 0.190. The molecule has 0 saturated carbocycles. The molecule has 1 fully saturated rings. The second-order valence-corrected chi connectivity index (χ2v) is 7.66. The quantitative estimate of drug-likeness (QED) is 0.562. The minimum absolute atomic E-state index is 0.188. The van der Waals surface area contributed by atoms with Crippen molar-refractivity contribution in [1.82, 2.24) is 14.6 Å². The van der Waals surface area contributed by atoms with Crippen LogP contribution in [0.25, 0.3) is 16.1 Å². The van der Waals surface area contributed by atoms with E-state index >= 15 is 0 Å². The number of nitrogens with one attached hydrogen (secondary N) is 1. The Kier molecular flexibility index (Phi) is 4.71. The van der Waals surface area contributed by atoms with Crippen LogP contribution in [-0.2, 0) is 4.74 Å². The van der Waals surface area contributed by atoms with E-state index in [0.29, 0.717) is 30.2 Å². The van der Waals surface area contributed by atoms with E-state index in [-0.39, 0.29) is 5.91 Å². The first-order valence-corrected chi connectivity index (χ1v) is 10.3. The van der Waals surface area contributed by atoms with Crippen LogP contribution in [0.3, 0.4) is 0 Å². The number of fused-ring (bicyclic) bond motifs is 1. The molecule has 7 nitrogen and oxygen atoms in total. The summed E-state index contributed by atoms with van der Waals surface area (Å²) in [6.07, 6.45) is 1.71. The van der Waals surface area contributed by atoms with Gasteiger partial charge in [-0.2, -0.15) is 9.61 Å². The molecule has 0 atom stereocenters. The van der Waals surface area contributed by atoms with Crippen LogP contribution < -0.4 is 10.2 Å². The number of carbonyl (C=O) groups excluding carboxylic acids is 1. The van der Waals surface area contributed by atoms with E-state index in [4.69, 9.17) is 4.74 Å². The third-order valence-corrected chi connectivity index (χ3v) is 5.79. The lowest BCUT2D eigenvalue weighted by molar-refractivity contribution is 0.102. The lowest BCUT2D eigenvalue weighted by Gasteiger charge is -2.29. The van der Waals surface area contributed by atoms with Crippen molar-refractivity contribution < 1.29 is 9.53 Å². The van der Waals surface area contributed by atoms with Gasteiger partial charge < -0.3 is 15.0 Å². The number of aromatic nitrogens is 3. The Balaban J connectivity index is 1.40. The summed E-state index contributed by atoms with van der Waals surface area (Å²) in [5.74, 6) is 1.21. The fourth-order valence-corrected chi connectivity index (χ4v) is 4.13. The molecular formula is C21H19N5O2S. The molecule has 1 aliphatic heterocycles. The van der Waals surface area contributed by atoms with Gasteiger partial charge in [-0.15, -0.1) is 11.3 Å². The van der Waals surface area contributed by atoms with E-state index < -0.39 is 0 Å². The lowest BCUT2D eigenvalue weighted by atomic mass is 10.1. The Labute approximate surface area is 171 Å². The number of nitrogens with zero attached hydrogens (tertiary/aromatic N) is 4. The van der Waals surface area contributed by atoms with Crippen molar-refractivity contribution >= 4 is 34.5 Å². The molecule has 8 heteroatoms. The molecule has 4 aromatic rings. The molecule has 1 saturated heterocycles. The van der Waals surface area contributed by atoms with E-state index in [1.54, 1.807) is 22.0 Å². The van der Waals surface area contributed by atoms with Gasteiger partial charge in [-0.05, 0) is 29.1 Å². The smallest absolute Gasteiger partial charge is 0.256 e. The SMILES string of the molecule is O=C(Nc1cc(N2CCOCC2)n2nccc2n1)c1ccc(-c2cccs2)cc1. The summed E-state index contributed by atoms with van der Waals surface area (Å²) in [5.41, 5.74) is 2.38. The van der Waals surface area contributed by atoms with Gasteiger partial charge in [0, 0.05) is 35.7 Å². The number of carbonyl (C=O) groups is 1. The molecule has 0 radical (unpaired) electrons. The van der Waals surface area contributed by atoms with Crippen LogP contribution >= 0.6 is 11.3 Å². The minimum atomic E-state index is -0.188. The first-order valence-electron chi connectivity index (χ1n) is 9.41. The van der Waals surface area contributed by atoms with Crippen molar-refractivity contribution in [1.29, 1.82) is 0 Å². The summed E-state index contributed by atoms with van der Waals surface area (Å²) >= 11 is 1.68. The number of thiophene rings is 1. The second kappa shape index (κ2) is 7.65. The maximum Gasteiger partial charge on any atom is 0.256 e. The highest BCUT2D eigenvalue weighted by atomic mass is 32.1. The van der Waals surface area contributed by atoms with Gasteiger partial charge in [0.2, 0.25) is 0 Å². The highest BCUT2D eigenvalue weighted by Crippen LogP contribution is 2.25. The Bertz CT molecular complexity index is 1130. The van der Waals surface area contributed by atoms with E-state index in [1.807, 2.05) is 47.8 Å². The van der Waals surface area contributed by atoms with Crippen LogP contribution in [0.2, 0.25) is 0 Å². The minimum Gasteiger partial charge on any atom is -0.378 e. The van der Waals surface area contributed by atoms with Crippen molar-refractivity contribution in [3.63, 3.8) is 0 Å². The topological polar surface area (TPSA) is 71.8 Å². The average molecular weight is 405 g/mol. The summed E-state index contributed by atoms with van der Waals surface area (Å²) in [7, 11) is 0. The number of rotatable bonds is 4. The van der Waals surface area contributed by atoms with E-state index in [0.717, 1.165) is 24.5 Å². The van der Waals surface area contributed by atoms with Gasteiger partial charge >= 0.3 is 0 Å². The standard InChI is InChI=1S/C21H19N5O2S/c27-21(16-5-3-15(4-6-16)17-2-1-13-29-17)24-18-14-20(25-9-11-28-12-10-25)26-19(23-18)7-8-22-26/h1-8,13-14H,9-12H2,(H,23,24,27). The molecule has 0 unspecified atom stereocenters. The molecule has 5 rings (SSSR count). The highest BCUT2D eigenvalue weighted by molar-refractivity contribution is 7.13.